The smallest absolute Gasteiger partial charge is 0.378 e. The van der Waals surface area contributed by atoms with Gasteiger partial charge in [0.1, 0.15) is 17.5 Å². The molecule has 4 heterocycles. The van der Waals surface area contributed by atoms with E-state index in [-0.39, 0.29) is 77.9 Å². The van der Waals surface area contributed by atoms with E-state index in [0.29, 0.717) is 6.07 Å². The molecule has 2 saturated heterocycles. The second kappa shape index (κ2) is 13.7. The first-order valence-electron chi connectivity index (χ1n) is 16.3. The Kier molecular flexibility index (Phi) is 10.3. The molecule has 1 spiro atoms. The number of hydrogen-bond acceptors (Lipinski definition) is 7. The zero-order valence-electron chi connectivity index (χ0n) is 28.6. The summed E-state index contributed by atoms with van der Waals surface area (Å²) in [6.45, 7) is 15.5. The Morgan fingerprint density at radius 1 is 1.12 bits per heavy atom. The van der Waals surface area contributed by atoms with Crippen molar-refractivity contribution in [2.45, 2.75) is 82.1 Å². The van der Waals surface area contributed by atoms with E-state index < -0.39 is 57.1 Å². The summed E-state index contributed by atoms with van der Waals surface area (Å²) in [5.41, 5.74) is -2.64. The largest absolute Gasteiger partial charge is 0.417 e. The molecular weight excluding hydrogens is 667 g/mol. The first-order valence-corrected chi connectivity index (χ1v) is 17.1. The van der Waals surface area contributed by atoms with Crippen molar-refractivity contribution in [3.63, 3.8) is 0 Å². The molecule has 14 heteroatoms. The van der Waals surface area contributed by atoms with E-state index in [4.69, 9.17) is 9.47 Å². The molecule has 3 aliphatic heterocycles. The number of alkyl halides is 3. The molecule has 0 bridgehead atoms. The number of rotatable bonds is 6. The van der Waals surface area contributed by atoms with Gasteiger partial charge in [-0.25, -0.2) is 13.6 Å². The zero-order chi connectivity index (χ0) is 36.2. The third-order valence-electron chi connectivity index (χ3n) is 9.24. The molecule has 3 aliphatic rings. The van der Waals surface area contributed by atoms with Crippen molar-refractivity contribution in [2.75, 3.05) is 38.3 Å². The maximum absolute atomic E-state index is 15.8. The molecule has 2 fully saturated rings. The van der Waals surface area contributed by atoms with E-state index in [1.54, 1.807) is 37.5 Å². The minimum atomic E-state index is -4.98. The molecule has 6 rings (SSSR count). The molecule has 1 aromatic heterocycles. The molecule has 0 aliphatic carbocycles. The van der Waals surface area contributed by atoms with Gasteiger partial charge in [-0.15, -0.1) is 11.8 Å². The summed E-state index contributed by atoms with van der Waals surface area (Å²) in [6, 6.07) is 1.81. The van der Waals surface area contributed by atoms with E-state index in [2.05, 4.69) is 11.6 Å². The highest BCUT2D eigenvalue weighted by atomic mass is 32.2. The number of benzene rings is 2. The Morgan fingerprint density at radius 2 is 1.80 bits per heavy atom. The number of amides is 1. The fourth-order valence-corrected chi connectivity index (χ4v) is 8.50. The van der Waals surface area contributed by atoms with Crippen molar-refractivity contribution in [1.82, 2.24) is 14.5 Å². The van der Waals surface area contributed by atoms with Gasteiger partial charge < -0.3 is 19.3 Å². The lowest BCUT2D eigenvalue weighted by Crippen LogP contribution is -2.58. The second-order valence-electron chi connectivity index (χ2n) is 12.9. The number of thioether (sulfide) groups is 1. The number of hydrogen-bond donors (Lipinski definition) is 0. The summed E-state index contributed by atoms with van der Waals surface area (Å²) in [5, 5.41) is 0.0699. The average Bonchev–Trinajstić information content (AvgIpc) is 3.03. The van der Waals surface area contributed by atoms with Gasteiger partial charge in [0.05, 0.1) is 35.1 Å². The van der Waals surface area contributed by atoms with E-state index in [1.165, 1.54) is 17.8 Å². The number of carbonyl (C=O) groups excluding carboxylic acids is 1. The lowest BCUT2D eigenvalue weighted by Gasteiger charge is -2.46. The van der Waals surface area contributed by atoms with Crippen LogP contribution in [0.1, 0.15) is 58.8 Å². The van der Waals surface area contributed by atoms with Gasteiger partial charge in [-0.1, -0.05) is 34.3 Å². The third-order valence-corrected chi connectivity index (χ3v) is 10.6. The highest BCUT2D eigenvalue weighted by Crippen LogP contribution is 2.55. The Labute approximate surface area is 286 Å². The maximum Gasteiger partial charge on any atom is 0.417 e. The Hall–Kier alpha value is -3.49. The van der Waals surface area contributed by atoms with Crippen molar-refractivity contribution in [1.29, 1.82) is 0 Å². The first kappa shape index (κ1) is 36.8. The fourth-order valence-electron chi connectivity index (χ4n) is 6.95. The predicted molar refractivity (Wildman–Crippen MR) is 180 cm³/mol. The number of methoxy groups -OCH3 is 1. The lowest BCUT2D eigenvalue weighted by molar-refractivity contribution is -0.137. The van der Waals surface area contributed by atoms with E-state index in [0.717, 1.165) is 23.9 Å². The minimum absolute atomic E-state index is 0.0428. The number of anilines is 1. The van der Waals surface area contributed by atoms with Crippen molar-refractivity contribution >= 4 is 34.4 Å². The van der Waals surface area contributed by atoms with Crippen LogP contribution in [0.3, 0.4) is 0 Å². The van der Waals surface area contributed by atoms with Gasteiger partial charge in [-0.05, 0) is 38.0 Å². The molecule has 49 heavy (non-hydrogen) atoms. The molecule has 3 atom stereocenters. The SMILES string of the molecule is C=CC(=O)N1CC(C)N(c2nc(=O)n3c4c(c(-c5cc(C(OC)C(C)C)c(F)cc5F)c(C(F)(F)F)cc24)SC2(COC2)C3)C[C@H]1C.CC. The number of piperazine rings is 1. The Morgan fingerprint density at radius 3 is 2.35 bits per heavy atom. The van der Waals surface area contributed by atoms with Crippen LogP contribution in [0.2, 0.25) is 0 Å². The summed E-state index contributed by atoms with van der Waals surface area (Å²) < 4.78 is 88.2. The van der Waals surface area contributed by atoms with Crippen LogP contribution < -0.4 is 10.6 Å². The van der Waals surface area contributed by atoms with Crippen LogP contribution in [-0.4, -0.2) is 70.6 Å². The summed E-state index contributed by atoms with van der Waals surface area (Å²) in [7, 11) is 1.35. The number of ether oxygens (including phenoxy) is 2. The van der Waals surface area contributed by atoms with Gasteiger partial charge in [-0.3, -0.25) is 9.36 Å². The van der Waals surface area contributed by atoms with Crippen molar-refractivity contribution in [3.8, 4) is 11.1 Å². The van der Waals surface area contributed by atoms with Crippen molar-refractivity contribution < 1.29 is 36.2 Å². The number of nitrogens with zero attached hydrogens (tertiary/aromatic N) is 4. The van der Waals surface area contributed by atoms with E-state index in [9.17, 15) is 9.59 Å². The van der Waals surface area contributed by atoms with Gasteiger partial charge in [-0.2, -0.15) is 18.2 Å². The Balaban J connectivity index is 0.00000230. The standard InChI is InChI=1S/C33H35F5N4O4S.C2H6/c1-7-25(43)40-11-18(5)41(12-17(40)4)30-21-9-22(33(36,37)38)26(19-8-20(24(35)10-23(19)34)28(45-6)16(2)3)29-27(21)42(31(44)39-30)13-32(47-29)14-46-15-32;1-2/h7-10,16-18,28H,1,11-15H2,2-6H3;1-2H3/t17-,18?,28?;/m1./s1. The average molecular weight is 709 g/mol. The van der Waals surface area contributed by atoms with Gasteiger partial charge in [0.15, 0.2) is 0 Å². The number of carbonyl (C=O) groups is 1. The monoisotopic (exact) mass is 708 g/mol. The molecule has 8 nitrogen and oxygen atoms in total. The van der Waals surface area contributed by atoms with Gasteiger partial charge in [0.25, 0.3) is 0 Å². The quantitative estimate of drug-likeness (QED) is 0.198. The van der Waals surface area contributed by atoms with Gasteiger partial charge >= 0.3 is 11.9 Å². The summed E-state index contributed by atoms with van der Waals surface area (Å²) >= 11 is 1.12. The molecule has 2 aromatic carbocycles. The van der Waals surface area contributed by atoms with Crippen LogP contribution >= 0.6 is 11.8 Å². The molecule has 0 radical (unpaired) electrons. The van der Waals surface area contributed by atoms with Crippen LogP contribution in [0.4, 0.5) is 27.8 Å². The van der Waals surface area contributed by atoms with Crippen LogP contribution in [0.15, 0.2) is 40.5 Å². The molecule has 3 aromatic rings. The normalized spacial score (nSPS) is 20.6. The molecule has 0 N–H and O–H groups in total. The Bertz CT molecular complexity index is 1840. The lowest BCUT2D eigenvalue weighted by atomic mass is 9.91. The van der Waals surface area contributed by atoms with Crippen molar-refractivity contribution in [3.05, 3.63) is 64.1 Å². The maximum atomic E-state index is 15.8. The van der Waals surface area contributed by atoms with E-state index in [1.807, 2.05) is 13.8 Å². The zero-order valence-corrected chi connectivity index (χ0v) is 29.4. The minimum Gasteiger partial charge on any atom is -0.378 e. The number of aromatic nitrogens is 2. The van der Waals surface area contributed by atoms with Gasteiger partial charge in [0.2, 0.25) is 5.91 Å². The first-order chi connectivity index (χ1) is 23.1. The highest BCUT2D eigenvalue weighted by Gasteiger charge is 2.48. The predicted octanol–water partition coefficient (Wildman–Crippen LogP) is 7.22. The molecule has 0 saturated carbocycles. The topological polar surface area (TPSA) is 76.9 Å². The molecule has 266 valence electrons. The van der Waals surface area contributed by atoms with Crippen LogP contribution in [0.5, 0.6) is 0 Å². The van der Waals surface area contributed by atoms with Gasteiger partial charge in [0, 0.05) is 71.9 Å². The summed E-state index contributed by atoms with van der Waals surface area (Å²) in [6.07, 6.45) is -4.63. The highest BCUT2D eigenvalue weighted by molar-refractivity contribution is 8.01. The third kappa shape index (κ3) is 6.35. The summed E-state index contributed by atoms with van der Waals surface area (Å²) in [5.74, 6) is -2.63. The van der Waals surface area contributed by atoms with Crippen LogP contribution in [-0.2, 0) is 27.0 Å². The van der Waals surface area contributed by atoms with Crippen LogP contribution in [0.25, 0.3) is 22.0 Å². The summed E-state index contributed by atoms with van der Waals surface area (Å²) in [4.78, 5) is 34.0. The van der Waals surface area contributed by atoms with E-state index >= 15 is 22.0 Å². The molecular formula is C35H41F5N4O4S. The molecule has 1 amide bonds. The number of halogens is 5. The fraction of sp³-hybridized carbons (Fsp3) is 0.514. The van der Waals surface area contributed by atoms with Crippen LogP contribution in [0, 0.1) is 17.6 Å². The molecule has 2 unspecified atom stereocenters. The van der Waals surface area contributed by atoms with Crippen molar-refractivity contribution in [2.24, 2.45) is 5.92 Å². The second-order valence-corrected chi connectivity index (χ2v) is 14.4.